The molecule has 1 aromatic carbocycles. The molecule has 0 aliphatic heterocycles. The van der Waals surface area contributed by atoms with Gasteiger partial charge in [-0.15, -0.1) is 0 Å². The molecule has 2 aromatic rings. The summed E-state index contributed by atoms with van der Waals surface area (Å²) < 4.78 is 1.03. The number of hydrogen-bond donors (Lipinski definition) is 1. The predicted molar refractivity (Wildman–Crippen MR) is 73.9 cm³/mol. The van der Waals surface area contributed by atoms with Crippen LogP contribution in [-0.4, -0.2) is 24.1 Å². The van der Waals surface area contributed by atoms with Gasteiger partial charge >= 0.3 is 0 Å². The fourth-order valence-corrected chi connectivity index (χ4v) is 1.72. The van der Waals surface area contributed by atoms with E-state index in [1.807, 2.05) is 43.3 Å². The van der Waals surface area contributed by atoms with Gasteiger partial charge in [-0.25, -0.2) is 4.98 Å². The molecule has 2 N–H and O–H groups in total. The van der Waals surface area contributed by atoms with Crippen LogP contribution in [0.2, 0.25) is 0 Å². The number of nitrogen functional groups attached to an aromatic ring is 1. The second kappa shape index (κ2) is 4.71. The van der Waals surface area contributed by atoms with E-state index in [1.165, 1.54) is 0 Å². The molecule has 0 aliphatic rings. The van der Waals surface area contributed by atoms with Gasteiger partial charge in [0, 0.05) is 30.3 Å². The number of nitrogens with zero attached hydrogens (tertiary/aromatic N) is 3. The average molecular weight is 293 g/mol. The molecule has 0 fully saturated rings. The van der Waals surface area contributed by atoms with Crippen molar-refractivity contribution in [1.82, 2.24) is 9.97 Å². The third-order valence-electron chi connectivity index (χ3n) is 2.36. The van der Waals surface area contributed by atoms with Crippen LogP contribution < -0.4 is 10.6 Å². The van der Waals surface area contributed by atoms with E-state index in [0.717, 1.165) is 15.6 Å². The molecule has 1 heterocycles. The van der Waals surface area contributed by atoms with E-state index in [0.29, 0.717) is 11.8 Å². The van der Waals surface area contributed by atoms with E-state index in [9.17, 15) is 0 Å². The van der Waals surface area contributed by atoms with Crippen LogP contribution in [0.4, 0.5) is 11.8 Å². The van der Waals surface area contributed by atoms with Crippen molar-refractivity contribution in [2.24, 2.45) is 0 Å². The van der Waals surface area contributed by atoms with Gasteiger partial charge in [-0.2, -0.15) is 4.98 Å². The van der Waals surface area contributed by atoms with Gasteiger partial charge in [0.2, 0.25) is 5.95 Å². The van der Waals surface area contributed by atoms with Crippen LogP contribution in [0.1, 0.15) is 0 Å². The molecule has 0 aliphatic carbocycles. The van der Waals surface area contributed by atoms with E-state index >= 15 is 0 Å². The highest BCUT2D eigenvalue weighted by Crippen LogP contribution is 2.26. The molecule has 0 bridgehead atoms. The molecule has 2 rings (SSSR count). The Morgan fingerprint density at radius 3 is 2.35 bits per heavy atom. The van der Waals surface area contributed by atoms with Crippen molar-refractivity contribution in [3.63, 3.8) is 0 Å². The first-order valence-electron chi connectivity index (χ1n) is 5.13. The summed E-state index contributed by atoms with van der Waals surface area (Å²) >= 11 is 3.40. The molecule has 88 valence electrons. The summed E-state index contributed by atoms with van der Waals surface area (Å²) in [6, 6.07) is 7.90. The van der Waals surface area contributed by atoms with Gasteiger partial charge in [0.1, 0.15) is 5.82 Å². The fraction of sp³-hybridized carbons (Fsp3) is 0.167. The normalized spacial score (nSPS) is 10.3. The lowest BCUT2D eigenvalue weighted by Gasteiger charge is -2.12. The number of anilines is 2. The number of hydrogen-bond acceptors (Lipinski definition) is 4. The first kappa shape index (κ1) is 11.9. The zero-order valence-electron chi connectivity index (χ0n) is 9.68. The van der Waals surface area contributed by atoms with Gasteiger partial charge in [-0.3, -0.25) is 0 Å². The Hall–Kier alpha value is -1.62. The van der Waals surface area contributed by atoms with Crippen LogP contribution in [0.15, 0.2) is 34.9 Å². The van der Waals surface area contributed by atoms with E-state index in [-0.39, 0.29) is 0 Å². The lowest BCUT2D eigenvalue weighted by molar-refractivity contribution is 1.00. The number of rotatable bonds is 2. The van der Waals surface area contributed by atoms with Crippen LogP contribution in [0.5, 0.6) is 0 Å². The Kier molecular flexibility index (Phi) is 3.28. The zero-order valence-corrected chi connectivity index (χ0v) is 11.3. The van der Waals surface area contributed by atoms with Gasteiger partial charge in [0.15, 0.2) is 0 Å². The molecule has 0 amide bonds. The van der Waals surface area contributed by atoms with Gasteiger partial charge in [0.25, 0.3) is 0 Å². The van der Waals surface area contributed by atoms with Crippen LogP contribution in [0.25, 0.3) is 11.1 Å². The average Bonchev–Trinajstić information content (AvgIpc) is 2.30. The highest BCUT2D eigenvalue weighted by atomic mass is 79.9. The van der Waals surface area contributed by atoms with Gasteiger partial charge in [-0.1, -0.05) is 28.1 Å². The molecule has 0 saturated heterocycles. The lowest BCUT2D eigenvalue weighted by Crippen LogP contribution is -2.13. The van der Waals surface area contributed by atoms with Crippen LogP contribution in [0, 0.1) is 0 Å². The van der Waals surface area contributed by atoms with Crippen molar-refractivity contribution >= 4 is 27.7 Å². The number of benzene rings is 1. The summed E-state index contributed by atoms with van der Waals surface area (Å²) in [5, 5.41) is 0. The van der Waals surface area contributed by atoms with Gasteiger partial charge in [-0.05, 0) is 17.7 Å². The number of halogens is 1. The second-order valence-corrected chi connectivity index (χ2v) is 4.79. The van der Waals surface area contributed by atoms with Crippen molar-refractivity contribution < 1.29 is 0 Å². The van der Waals surface area contributed by atoms with E-state index in [2.05, 4.69) is 25.9 Å². The van der Waals surface area contributed by atoms with Crippen molar-refractivity contribution in [2.45, 2.75) is 0 Å². The highest BCUT2D eigenvalue weighted by molar-refractivity contribution is 9.10. The molecule has 0 atom stereocenters. The largest absolute Gasteiger partial charge is 0.383 e. The predicted octanol–water partition coefficient (Wildman–Crippen LogP) is 2.55. The molecule has 1 aromatic heterocycles. The summed E-state index contributed by atoms with van der Waals surface area (Å²) in [5.41, 5.74) is 7.80. The lowest BCUT2D eigenvalue weighted by atomic mass is 10.1. The van der Waals surface area contributed by atoms with Gasteiger partial charge < -0.3 is 10.6 Å². The molecule has 0 saturated carbocycles. The minimum Gasteiger partial charge on any atom is -0.383 e. The Bertz CT molecular complexity index is 523. The minimum absolute atomic E-state index is 0.492. The smallest absolute Gasteiger partial charge is 0.226 e. The molecule has 4 nitrogen and oxygen atoms in total. The van der Waals surface area contributed by atoms with E-state index < -0.39 is 0 Å². The Morgan fingerprint density at radius 1 is 1.18 bits per heavy atom. The minimum atomic E-state index is 0.492. The molecule has 5 heteroatoms. The summed E-state index contributed by atoms with van der Waals surface area (Å²) in [6.07, 6.45) is 1.75. The van der Waals surface area contributed by atoms with Crippen LogP contribution in [-0.2, 0) is 0 Å². The first-order chi connectivity index (χ1) is 8.08. The van der Waals surface area contributed by atoms with Crippen molar-refractivity contribution in [3.05, 3.63) is 34.9 Å². The quantitative estimate of drug-likeness (QED) is 0.924. The van der Waals surface area contributed by atoms with Crippen molar-refractivity contribution in [2.75, 3.05) is 24.7 Å². The summed E-state index contributed by atoms with van der Waals surface area (Å²) in [4.78, 5) is 10.3. The highest BCUT2D eigenvalue weighted by Gasteiger charge is 2.07. The molecule has 17 heavy (non-hydrogen) atoms. The Morgan fingerprint density at radius 2 is 1.82 bits per heavy atom. The summed E-state index contributed by atoms with van der Waals surface area (Å²) in [5.74, 6) is 1.11. The summed E-state index contributed by atoms with van der Waals surface area (Å²) in [6.45, 7) is 0. The second-order valence-electron chi connectivity index (χ2n) is 3.87. The topological polar surface area (TPSA) is 55.0 Å². The zero-order chi connectivity index (χ0) is 12.4. The summed E-state index contributed by atoms with van der Waals surface area (Å²) in [7, 11) is 3.77. The van der Waals surface area contributed by atoms with E-state index in [1.54, 1.807) is 6.20 Å². The third kappa shape index (κ3) is 2.55. The maximum atomic E-state index is 5.94. The fourth-order valence-electron chi connectivity index (χ4n) is 1.45. The molecular formula is C12H13BrN4. The monoisotopic (exact) mass is 292 g/mol. The van der Waals surface area contributed by atoms with E-state index in [4.69, 9.17) is 5.73 Å². The van der Waals surface area contributed by atoms with Crippen LogP contribution in [0.3, 0.4) is 0 Å². The number of aromatic nitrogens is 2. The van der Waals surface area contributed by atoms with Crippen molar-refractivity contribution in [3.8, 4) is 11.1 Å². The standard InChI is InChI=1S/C12H13BrN4/c1-17(2)12-15-7-10(11(14)16-12)8-3-5-9(13)6-4-8/h3-7H,1-2H3,(H2,14,15,16). The molecule has 0 spiro atoms. The first-order valence-corrected chi connectivity index (χ1v) is 5.93. The third-order valence-corrected chi connectivity index (χ3v) is 2.89. The Balaban J connectivity index is 2.43. The van der Waals surface area contributed by atoms with Gasteiger partial charge in [0.05, 0.1) is 0 Å². The Labute approximate surface area is 109 Å². The molecular weight excluding hydrogens is 280 g/mol. The van der Waals surface area contributed by atoms with Crippen molar-refractivity contribution in [1.29, 1.82) is 0 Å². The maximum absolute atomic E-state index is 5.94. The molecule has 0 unspecified atom stereocenters. The molecule has 0 radical (unpaired) electrons. The number of nitrogens with two attached hydrogens (primary N) is 1. The van der Waals surface area contributed by atoms with Crippen LogP contribution >= 0.6 is 15.9 Å². The maximum Gasteiger partial charge on any atom is 0.226 e. The SMILES string of the molecule is CN(C)c1ncc(-c2ccc(Br)cc2)c(N)n1.